The highest BCUT2D eigenvalue weighted by molar-refractivity contribution is 5.50. The van der Waals surface area contributed by atoms with Crippen LogP contribution in [0.1, 0.15) is 29.3 Å². The van der Waals surface area contributed by atoms with Gasteiger partial charge in [-0.3, -0.25) is 14.3 Å². The van der Waals surface area contributed by atoms with E-state index in [1.807, 2.05) is 91.0 Å². The van der Waals surface area contributed by atoms with Gasteiger partial charge >= 0.3 is 5.69 Å². The average molecular weight is 486 g/mol. The number of hydrogen-bond donors (Lipinski definition) is 4. The summed E-state index contributed by atoms with van der Waals surface area (Å²) >= 11 is 0. The molecule has 5 rings (SSSR count). The average Bonchev–Trinajstić information content (AvgIpc) is 3.19. The number of aromatic amines is 1. The van der Waals surface area contributed by atoms with E-state index in [1.54, 1.807) is 0 Å². The lowest BCUT2D eigenvalue weighted by Crippen LogP contribution is -2.40. The van der Waals surface area contributed by atoms with Crippen molar-refractivity contribution in [1.82, 2.24) is 9.55 Å². The SMILES string of the molecule is Nc1cn([C@@H]2O[C@@H](CC(c3ccccc3)(c3ccccc3)c3ccccc3)[C@@H](O)[C@@H]2O)c(=O)[nH]c1=O. The minimum absolute atomic E-state index is 0.199. The highest BCUT2D eigenvalue weighted by Gasteiger charge is 2.49. The van der Waals surface area contributed by atoms with E-state index in [0.717, 1.165) is 27.5 Å². The number of nitrogens with zero attached hydrogens (tertiary/aromatic N) is 1. The number of nitrogen functional groups attached to an aromatic ring is 1. The maximum Gasteiger partial charge on any atom is 0.330 e. The Labute approximate surface area is 207 Å². The van der Waals surface area contributed by atoms with Crippen molar-refractivity contribution in [3.63, 3.8) is 0 Å². The van der Waals surface area contributed by atoms with E-state index in [4.69, 9.17) is 10.5 Å². The van der Waals surface area contributed by atoms with Gasteiger partial charge in [-0.25, -0.2) is 4.79 Å². The molecule has 0 aliphatic carbocycles. The van der Waals surface area contributed by atoms with Crippen molar-refractivity contribution in [3.8, 4) is 0 Å². The van der Waals surface area contributed by atoms with Crippen molar-refractivity contribution in [2.45, 2.75) is 36.4 Å². The van der Waals surface area contributed by atoms with Gasteiger partial charge in [0.25, 0.3) is 5.56 Å². The van der Waals surface area contributed by atoms with Crippen LogP contribution >= 0.6 is 0 Å². The summed E-state index contributed by atoms with van der Waals surface area (Å²) in [4.78, 5) is 26.3. The van der Waals surface area contributed by atoms with Crippen LogP contribution in [-0.2, 0) is 10.2 Å². The maximum atomic E-state index is 12.5. The summed E-state index contributed by atoms with van der Waals surface area (Å²) in [6, 6.07) is 29.8. The van der Waals surface area contributed by atoms with Crippen LogP contribution in [-0.4, -0.2) is 38.1 Å². The van der Waals surface area contributed by atoms with E-state index in [1.165, 1.54) is 0 Å². The molecule has 0 spiro atoms. The molecule has 1 aromatic heterocycles. The Balaban J connectivity index is 1.63. The van der Waals surface area contributed by atoms with Crippen LogP contribution in [0.4, 0.5) is 5.69 Å². The summed E-state index contributed by atoms with van der Waals surface area (Å²) in [6.07, 6.45) is -3.40. The third-order valence-electron chi connectivity index (χ3n) is 6.91. The first-order chi connectivity index (χ1) is 17.4. The second-order valence-electron chi connectivity index (χ2n) is 9.00. The third-order valence-corrected chi connectivity index (χ3v) is 6.91. The van der Waals surface area contributed by atoms with E-state index >= 15 is 0 Å². The Hall–Kier alpha value is -3.98. The molecule has 1 saturated heterocycles. The van der Waals surface area contributed by atoms with Gasteiger partial charge in [0.15, 0.2) is 6.23 Å². The predicted octanol–water partition coefficient (Wildman–Crippen LogP) is 2.16. The standard InChI is InChI=1S/C28H27N3O5/c29-21-17-31(27(35)30-25(21)34)26-24(33)23(32)22(36-26)16-28(18-10-4-1-5-11-18,19-12-6-2-7-13-19)20-14-8-3-9-15-20/h1-15,17,22-24,26,32-33H,16,29H2,(H,30,34,35)/t22-,23+,24-,26+/m0/s1. The number of H-pyrrole nitrogens is 1. The van der Waals surface area contributed by atoms with Gasteiger partial charge in [0, 0.05) is 11.6 Å². The molecule has 184 valence electrons. The molecule has 1 fully saturated rings. The quantitative estimate of drug-likeness (QED) is 0.310. The Bertz CT molecular complexity index is 1340. The molecule has 0 unspecified atom stereocenters. The van der Waals surface area contributed by atoms with Crippen LogP contribution in [0.3, 0.4) is 0 Å². The molecule has 0 bridgehead atoms. The fraction of sp³-hybridized carbons (Fsp3) is 0.214. The van der Waals surface area contributed by atoms with Crippen LogP contribution in [0.5, 0.6) is 0 Å². The van der Waals surface area contributed by atoms with E-state index in [2.05, 4.69) is 4.98 Å². The fourth-order valence-electron chi connectivity index (χ4n) is 5.14. The summed E-state index contributed by atoms with van der Waals surface area (Å²) in [5.41, 5.74) is 6.22. The summed E-state index contributed by atoms with van der Waals surface area (Å²) in [7, 11) is 0. The second-order valence-corrected chi connectivity index (χ2v) is 9.00. The Kier molecular flexibility index (Phi) is 6.32. The highest BCUT2D eigenvalue weighted by atomic mass is 16.6. The van der Waals surface area contributed by atoms with Gasteiger partial charge in [-0.15, -0.1) is 0 Å². The van der Waals surface area contributed by atoms with Gasteiger partial charge in [0.05, 0.1) is 6.10 Å². The molecular weight excluding hydrogens is 458 g/mol. The molecule has 0 amide bonds. The second kappa shape index (κ2) is 9.58. The number of nitrogens with two attached hydrogens (primary N) is 1. The number of hydrogen-bond acceptors (Lipinski definition) is 6. The minimum atomic E-state index is -1.42. The summed E-state index contributed by atoms with van der Waals surface area (Å²) in [5.74, 6) is 0. The zero-order chi connectivity index (χ0) is 25.3. The molecule has 8 heteroatoms. The van der Waals surface area contributed by atoms with Crippen molar-refractivity contribution in [3.05, 3.63) is 135 Å². The molecule has 1 aliphatic rings. The van der Waals surface area contributed by atoms with Gasteiger partial charge in [-0.05, 0) is 23.1 Å². The van der Waals surface area contributed by atoms with Crippen LogP contribution < -0.4 is 17.0 Å². The van der Waals surface area contributed by atoms with Gasteiger partial charge in [0.2, 0.25) is 0 Å². The van der Waals surface area contributed by atoms with Gasteiger partial charge in [0.1, 0.15) is 17.9 Å². The number of anilines is 1. The molecule has 0 saturated carbocycles. The molecule has 1 aliphatic heterocycles. The Morgan fingerprint density at radius 2 is 1.28 bits per heavy atom. The highest BCUT2D eigenvalue weighted by Crippen LogP contribution is 2.46. The normalized spacial score (nSPS) is 21.9. The van der Waals surface area contributed by atoms with Crippen molar-refractivity contribution < 1.29 is 14.9 Å². The molecule has 3 aromatic carbocycles. The third kappa shape index (κ3) is 4.05. The monoisotopic (exact) mass is 485 g/mol. The molecule has 4 aromatic rings. The van der Waals surface area contributed by atoms with Crippen LogP contribution in [0.15, 0.2) is 107 Å². The lowest BCUT2D eigenvalue weighted by molar-refractivity contribution is -0.0449. The molecule has 2 heterocycles. The molecule has 0 radical (unpaired) electrons. The molecule has 4 atom stereocenters. The molecule has 5 N–H and O–H groups in total. The van der Waals surface area contributed by atoms with Crippen molar-refractivity contribution in [1.29, 1.82) is 0 Å². The molecule has 36 heavy (non-hydrogen) atoms. The minimum Gasteiger partial charge on any atom is -0.393 e. The van der Waals surface area contributed by atoms with Crippen molar-refractivity contribution in [2.24, 2.45) is 0 Å². The van der Waals surface area contributed by atoms with Gasteiger partial charge < -0.3 is 20.7 Å². The predicted molar refractivity (Wildman–Crippen MR) is 135 cm³/mol. The first kappa shape index (κ1) is 23.7. The first-order valence-corrected chi connectivity index (χ1v) is 11.7. The number of aromatic nitrogens is 2. The lowest BCUT2D eigenvalue weighted by Gasteiger charge is -2.38. The van der Waals surface area contributed by atoms with E-state index in [9.17, 15) is 19.8 Å². The number of aliphatic hydroxyl groups excluding tert-OH is 2. The fourth-order valence-corrected chi connectivity index (χ4v) is 5.14. The molecule has 8 nitrogen and oxygen atoms in total. The lowest BCUT2D eigenvalue weighted by atomic mass is 9.66. The van der Waals surface area contributed by atoms with E-state index in [0.29, 0.717) is 0 Å². The van der Waals surface area contributed by atoms with E-state index < -0.39 is 41.2 Å². The number of aliphatic hydroxyl groups is 2. The van der Waals surface area contributed by atoms with Gasteiger partial charge in [-0.2, -0.15) is 0 Å². The summed E-state index contributed by atoms with van der Waals surface area (Å²) in [6.45, 7) is 0. The molecular formula is C28H27N3O5. The Morgan fingerprint density at radius 3 is 1.75 bits per heavy atom. The maximum absolute atomic E-state index is 12.5. The zero-order valence-electron chi connectivity index (χ0n) is 19.4. The zero-order valence-corrected chi connectivity index (χ0v) is 19.4. The van der Waals surface area contributed by atoms with E-state index in [-0.39, 0.29) is 12.1 Å². The van der Waals surface area contributed by atoms with Crippen LogP contribution in [0, 0.1) is 0 Å². The largest absolute Gasteiger partial charge is 0.393 e. The number of rotatable bonds is 6. The van der Waals surface area contributed by atoms with Crippen LogP contribution in [0.2, 0.25) is 0 Å². The summed E-state index contributed by atoms with van der Waals surface area (Å²) in [5, 5.41) is 22.0. The number of ether oxygens (including phenoxy) is 1. The first-order valence-electron chi connectivity index (χ1n) is 11.7. The van der Waals surface area contributed by atoms with Crippen molar-refractivity contribution >= 4 is 5.69 Å². The smallest absolute Gasteiger partial charge is 0.330 e. The van der Waals surface area contributed by atoms with Crippen LogP contribution in [0.25, 0.3) is 0 Å². The van der Waals surface area contributed by atoms with Crippen molar-refractivity contribution in [2.75, 3.05) is 5.73 Å². The summed E-state index contributed by atoms with van der Waals surface area (Å²) < 4.78 is 7.17. The Morgan fingerprint density at radius 1 is 0.806 bits per heavy atom. The number of benzene rings is 3. The van der Waals surface area contributed by atoms with Gasteiger partial charge in [-0.1, -0.05) is 91.0 Å². The topological polar surface area (TPSA) is 131 Å². The number of nitrogens with one attached hydrogen (secondary N) is 1.